The number of rotatable bonds is 8. The lowest BCUT2D eigenvalue weighted by molar-refractivity contribution is -0.110. The minimum atomic E-state index is -0.458. The fourth-order valence-electron chi connectivity index (χ4n) is 1.91. The van der Waals surface area contributed by atoms with Crippen LogP contribution in [0.1, 0.15) is 5.56 Å². The first-order valence-corrected chi connectivity index (χ1v) is 7.95. The molecule has 0 aliphatic heterocycles. The van der Waals surface area contributed by atoms with E-state index < -0.39 is 5.91 Å². The predicted molar refractivity (Wildman–Crippen MR) is 97.8 cm³/mol. The van der Waals surface area contributed by atoms with Gasteiger partial charge < -0.3 is 19.6 Å². The summed E-state index contributed by atoms with van der Waals surface area (Å²) >= 11 is 5.90. The largest absolute Gasteiger partial charge is 0.495 e. The highest BCUT2D eigenvalue weighted by atomic mass is 35.5. The van der Waals surface area contributed by atoms with E-state index in [4.69, 9.17) is 25.9 Å². The maximum Gasteiger partial charge on any atom is 0.270 e. The van der Waals surface area contributed by atoms with Crippen molar-refractivity contribution in [3.8, 4) is 11.5 Å². The van der Waals surface area contributed by atoms with Gasteiger partial charge in [-0.1, -0.05) is 34.5 Å². The van der Waals surface area contributed by atoms with Gasteiger partial charge in [0.25, 0.3) is 5.91 Å². The van der Waals surface area contributed by atoms with Crippen LogP contribution in [-0.4, -0.2) is 32.4 Å². The van der Waals surface area contributed by atoms with Crippen LogP contribution >= 0.6 is 11.6 Å². The molecule has 25 heavy (non-hydrogen) atoms. The zero-order valence-corrected chi connectivity index (χ0v) is 14.7. The number of nitrogens with one attached hydrogen (secondary N) is 1. The normalized spacial score (nSPS) is 10.5. The van der Waals surface area contributed by atoms with Crippen molar-refractivity contribution >= 4 is 29.4 Å². The second-order valence-electron chi connectivity index (χ2n) is 5.06. The molecule has 0 saturated heterocycles. The minimum Gasteiger partial charge on any atom is -0.495 e. The monoisotopic (exact) mass is 362 g/mol. The summed E-state index contributed by atoms with van der Waals surface area (Å²) in [5.74, 6) is 0.794. The Balaban J connectivity index is 1.72. The first-order chi connectivity index (χ1) is 12.1. The maximum atomic E-state index is 11.8. The summed E-state index contributed by atoms with van der Waals surface area (Å²) in [7, 11) is 1.50. The van der Waals surface area contributed by atoms with Gasteiger partial charge in [0, 0.05) is 5.02 Å². The summed E-state index contributed by atoms with van der Waals surface area (Å²) in [6.45, 7) is 2.55. The molecule has 0 atom stereocenters. The van der Waals surface area contributed by atoms with E-state index in [-0.39, 0.29) is 6.61 Å². The fourth-order valence-corrected chi connectivity index (χ4v) is 2.08. The number of hydrogen-bond donors (Lipinski definition) is 1. The number of nitrogens with zero attached hydrogens (tertiary/aromatic N) is 1. The Morgan fingerprint density at radius 3 is 2.68 bits per heavy atom. The summed E-state index contributed by atoms with van der Waals surface area (Å²) in [4.78, 5) is 16.8. The SMILES string of the molecule is COc1ccc(Cl)cc1NC(=O)C=NOCCOc1ccc(C)cc1. The summed E-state index contributed by atoms with van der Waals surface area (Å²) in [6.07, 6.45) is 1.03. The van der Waals surface area contributed by atoms with Crippen molar-refractivity contribution in [2.24, 2.45) is 5.16 Å². The van der Waals surface area contributed by atoms with Crippen LogP contribution in [0.5, 0.6) is 11.5 Å². The van der Waals surface area contributed by atoms with Crippen LogP contribution in [0, 0.1) is 6.92 Å². The number of amides is 1. The summed E-state index contributed by atoms with van der Waals surface area (Å²) < 4.78 is 10.6. The van der Waals surface area contributed by atoms with E-state index in [1.165, 1.54) is 7.11 Å². The number of hydrogen-bond acceptors (Lipinski definition) is 5. The Morgan fingerprint density at radius 1 is 1.20 bits per heavy atom. The first kappa shape index (κ1) is 18.6. The van der Waals surface area contributed by atoms with Crippen molar-refractivity contribution in [1.29, 1.82) is 0 Å². The molecule has 0 bridgehead atoms. The Morgan fingerprint density at radius 2 is 1.96 bits per heavy atom. The Hall–Kier alpha value is -2.73. The quantitative estimate of drug-likeness (QED) is 0.442. The van der Waals surface area contributed by atoms with Crippen LogP contribution in [0.3, 0.4) is 0 Å². The molecule has 0 radical (unpaired) electrons. The maximum absolute atomic E-state index is 11.8. The van der Waals surface area contributed by atoms with Crippen molar-refractivity contribution in [1.82, 2.24) is 0 Å². The average Bonchev–Trinajstić information content (AvgIpc) is 2.60. The number of methoxy groups -OCH3 is 1. The van der Waals surface area contributed by atoms with Crippen LogP contribution in [0.15, 0.2) is 47.6 Å². The van der Waals surface area contributed by atoms with Gasteiger partial charge in [0.1, 0.15) is 24.3 Å². The molecule has 0 unspecified atom stereocenters. The fraction of sp³-hybridized carbons (Fsp3) is 0.222. The van der Waals surface area contributed by atoms with Gasteiger partial charge in [-0.05, 0) is 37.3 Å². The van der Waals surface area contributed by atoms with E-state index in [1.807, 2.05) is 31.2 Å². The number of oxime groups is 1. The number of halogens is 1. The zero-order valence-electron chi connectivity index (χ0n) is 14.0. The molecule has 2 rings (SSSR count). The second kappa shape index (κ2) is 9.54. The van der Waals surface area contributed by atoms with Crippen molar-refractivity contribution in [3.63, 3.8) is 0 Å². The molecule has 2 aromatic carbocycles. The second-order valence-corrected chi connectivity index (χ2v) is 5.50. The van der Waals surface area contributed by atoms with Crippen molar-refractivity contribution in [3.05, 3.63) is 53.1 Å². The molecule has 0 saturated carbocycles. The Kier molecular flexibility index (Phi) is 7.10. The molecule has 2 aromatic rings. The van der Waals surface area contributed by atoms with Crippen LogP contribution in [0.4, 0.5) is 5.69 Å². The molecular weight excluding hydrogens is 344 g/mol. The lowest BCUT2D eigenvalue weighted by atomic mass is 10.2. The molecule has 132 valence electrons. The van der Waals surface area contributed by atoms with Gasteiger partial charge in [-0.2, -0.15) is 0 Å². The standard InChI is InChI=1S/C18H19ClN2O4/c1-13-3-6-15(7-4-13)24-9-10-25-20-12-18(22)21-16-11-14(19)5-8-17(16)23-2/h3-8,11-12H,9-10H2,1-2H3,(H,21,22). The first-order valence-electron chi connectivity index (χ1n) is 7.58. The molecule has 1 amide bonds. The highest BCUT2D eigenvalue weighted by Crippen LogP contribution is 2.27. The molecule has 0 aliphatic carbocycles. The van der Waals surface area contributed by atoms with Gasteiger partial charge in [-0.25, -0.2) is 0 Å². The predicted octanol–water partition coefficient (Wildman–Crippen LogP) is 3.68. The van der Waals surface area contributed by atoms with Gasteiger partial charge >= 0.3 is 0 Å². The lowest BCUT2D eigenvalue weighted by Crippen LogP contribution is -2.14. The zero-order chi connectivity index (χ0) is 18.1. The van der Waals surface area contributed by atoms with Gasteiger partial charge in [-0.15, -0.1) is 0 Å². The van der Waals surface area contributed by atoms with E-state index in [2.05, 4.69) is 10.5 Å². The Labute approximate surface area is 151 Å². The molecule has 0 aliphatic rings. The summed E-state index contributed by atoms with van der Waals surface area (Å²) in [5, 5.41) is 6.70. The molecule has 0 fully saturated rings. The third kappa shape index (κ3) is 6.35. The van der Waals surface area contributed by atoms with Crippen LogP contribution < -0.4 is 14.8 Å². The van der Waals surface area contributed by atoms with Gasteiger partial charge in [0.15, 0.2) is 6.61 Å². The van der Waals surface area contributed by atoms with Crippen molar-refractivity contribution in [2.75, 3.05) is 25.6 Å². The Bertz CT molecular complexity index is 732. The molecule has 7 heteroatoms. The highest BCUT2D eigenvalue weighted by Gasteiger charge is 2.06. The van der Waals surface area contributed by atoms with E-state index in [0.29, 0.717) is 23.1 Å². The number of ether oxygens (including phenoxy) is 2. The molecule has 1 N–H and O–H groups in total. The number of anilines is 1. The molecule has 6 nitrogen and oxygen atoms in total. The number of aryl methyl sites for hydroxylation is 1. The average molecular weight is 363 g/mol. The van der Waals surface area contributed by atoms with Crippen LogP contribution in [-0.2, 0) is 9.63 Å². The molecule has 0 spiro atoms. The van der Waals surface area contributed by atoms with Crippen LogP contribution in [0.25, 0.3) is 0 Å². The van der Waals surface area contributed by atoms with Crippen LogP contribution in [0.2, 0.25) is 5.02 Å². The van der Waals surface area contributed by atoms with Gasteiger partial charge in [0.05, 0.1) is 12.8 Å². The molecule has 0 heterocycles. The molecular formula is C18H19ClN2O4. The van der Waals surface area contributed by atoms with E-state index in [1.54, 1.807) is 18.2 Å². The van der Waals surface area contributed by atoms with Gasteiger partial charge in [-0.3, -0.25) is 4.79 Å². The smallest absolute Gasteiger partial charge is 0.270 e. The number of carbonyl (C=O) groups excluding carboxylic acids is 1. The van der Waals surface area contributed by atoms with E-state index in [0.717, 1.165) is 17.5 Å². The lowest BCUT2D eigenvalue weighted by Gasteiger charge is -2.08. The third-order valence-electron chi connectivity index (χ3n) is 3.13. The van der Waals surface area contributed by atoms with E-state index >= 15 is 0 Å². The highest BCUT2D eigenvalue weighted by molar-refractivity contribution is 6.33. The van der Waals surface area contributed by atoms with Gasteiger partial charge in [0.2, 0.25) is 0 Å². The van der Waals surface area contributed by atoms with Crippen molar-refractivity contribution < 1.29 is 19.1 Å². The van der Waals surface area contributed by atoms with Crippen molar-refractivity contribution in [2.45, 2.75) is 6.92 Å². The minimum absolute atomic E-state index is 0.220. The van der Waals surface area contributed by atoms with E-state index in [9.17, 15) is 4.79 Å². The third-order valence-corrected chi connectivity index (χ3v) is 3.36. The topological polar surface area (TPSA) is 69.2 Å². The summed E-state index contributed by atoms with van der Waals surface area (Å²) in [6, 6.07) is 12.6. The summed E-state index contributed by atoms with van der Waals surface area (Å²) in [5.41, 5.74) is 1.62. The number of carbonyl (C=O) groups is 1. The number of benzene rings is 2. The molecule has 0 aromatic heterocycles.